The fourth-order valence-electron chi connectivity index (χ4n) is 2.00. The molecule has 0 fully saturated rings. The van der Waals surface area contributed by atoms with Crippen LogP contribution in [0, 0.1) is 10.1 Å². The van der Waals surface area contributed by atoms with Gasteiger partial charge in [0, 0.05) is 36.3 Å². The van der Waals surface area contributed by atoms with Crippen molar-refractivity contribution < 1.29 is 19.6 Å². The average Bonchev–Trinajstić information content (AvgIpc) is 2.55. The van der Waals surface area contributed by atoms with Gasteiger partial charge < -0.3 is 10.4 Å². The van der Waals surface area contributed by atoms with Crippen molar-refractivity contribution >= 4 is 23.1 Å². The van der Waals surface area contributed by atoms with Gasteiger partial charge in [-0.25, -0.2) is 4.79 Å². The third-order valence-electron chi connectivity index (χ3n) is 3.19. The number of carboxylic acid groups (broad SMARTS) is 1. The Hall–Kier alpha value is -3.22. The molecule has 0 atom stereocenters. The summed E-state index contributed by atoms with van der Waals surface area (Å²) in [6.07, 6.45) is 0.190. The second-order valence-electron chi connectivity index (χ2n) is 4.79. The SMILES string of the molecule is O=C(O)c1cccc(NCCC(=O)c2ccc([N+](=O)[O-])cc2)c1. The lowest BCUT2D eigenvalue weighted by molar-refractivity contribution is -0.384. The second-order valence-corrected chi connectivity index (χ2v) is 4.79. The molecule has 7 heteroatoms. The number of nitrogens with zero attached hydrogens (tertiary/aromatic N) is 1. The Labute approximate surface area is 131 Å². The van der Waals surface area contributed by atoms with Gasteiger partial charge in [-0.3, -0.25) is 14.9 Å². The third-order valence-corrected chi connectivity index (χ3v) is 3.19. The van der Waals surface area contributed by atoms with Gasteiger partial charge in [-0.15, -0.1) is 0 Å². The molecule has 0 aliphatic carbocycles. The number of hydrogen-bond acceptors (Lipinski definition) is 5. The first-order valence-electron chi connectivity index (χ1n) is 6.82. The standard InChI is InChI=1S/C16H14N2O5/c19-15(11-4-6-14(7-5-11)18(22)23)8-9-17-13-3-1-2-12(10-13)16(20)21/h1-7,10,17H,8-9H2,(H,20,21). The van der Waals surface area contributed by atoms with E-state index < -0.39 is 10.9 Å². The molecule has 0 saturated carbocycles. The van der Waals surface area contributed by atoms with Crippen LogP contribution in [-0.2, 0) is 0 Å². The van der Waals surface area contributed by atoms with Gasteiger partial charge in [-0.05, 0) is 30.3 Å². The zero-order valence-electron chi connectivity index (χ0n) is 12.1. The van der Waals surface area contributed by atoms with Crippen LogP contribution in [0.3, 0.4) is 0 Å². The predicted octanol–water partition coefficient (Wildman–Crippen LogP) is 2.98. The van der Waals surface area contributed by atoms with Crippen molar-refractivity contribution in [2.75, 3.05) is 11.9 Å². The number of carboxylic acids is 1. The van der Waals surface area contributed by atoms with E-state index in [1.165, 1.54) is 36.4 Å². The summed E-state index contributed by atoms with van der Waals surface area (Å²) in [6.45, 7) is 0.332. The maximum atomic E-state index is 12.0. The van der Waals surface area contributed by atoms with Crippen LogP contribution in [0.2, 0.25) is 0 Å². The van der Waals surface area contributed by atoms with Gasteiger partial charge in [0.15, 0.2) is 5.78 Å². The van der Waals surface area contributed by atoms with Crippen LogP contribution in [-0.4, -0.2) is 28.3 Å². The minimum atomic E-state index is -1.02. The monoisotopic (exact) mass is 314 g/mol. The zero-order chi connectivity index (χ0) is 16.8. The Morgan fingerprint density at radius 3 is 2.39 bits per heavy atom. The lowest BCUT2D eigenvalue weighted by Crippen LogP contribution is -2.09. The highest BCUT2D eigenvalue weighted by Crippen LogP contribution is 2.14. The molecule has 0 aliphatic heterocycles. The number of anilines is 1. The molecule has 0 aromatic heterocycles. The Kier molecular flexibility index (Phi) is 5.03. The molecule has 0 radical (unpaired) electrons. The van der Waals surface area contributed by atoms with E-state index in [2.05, 4.69) is 5.32 Å². The van der Waals surface area contributed by atoms with E-state index >= 15 is 0 Å². The molecule has 0 aliphatic rings. The molecular formula is C16H14N2O5. The van der Waals surface area contributed by atoms with Crippen LogP contribution in [0.4, 0.5) is 11.4 Å². The van der Waals surface area contributed by atoms with Gasteiger partial charge >= 0.3 is 5.97 Å². The molecule has 7 nitrogen and oxygen atoms in total. The molecule has 23 heavy (non-hydrogen) atoms. The predicted molar refractivity (Wildman–Crippen MR) is 83.9 cm³/mol. The topological polar surface area (TPSA) is 110 Å². The summed E-state index contributed by atoms with van der Waals surface area (Å²) in [5.41, 5.74) is 1.11. The summed E-state index contributed by atoms with van der Waals surface area (Å²) in [6, 6.07) is 11.7. The summed E-state index contributed by atoms with van der Waals surface area (Å²) >= 11 is 0. The highest BCUT2D eigenvalue weighted by molar-refractivity contribution is 5.96. The van der Waals surface area contributed by atoms with Crippen molar-refractivity contribution in [2.24, 2.45) is 0 Å². The number of non-ortho nitro benzene ring substituents is 1. The number of carbonyl (C=O) groups excluding carboxylic acids is 1. The lowest BCUT2D eigenvalue weighted by atomic mass is 10.1. The number of Topliss-reactive ketones (excluding diaryl/α,β-unsaturated/α-hetero) is 1. The van der Waals surface area contributed by atoms with E-state index in [9.17, 15) is 19.7 Å². The smallest absolute Gasteiger partial charge is 0.335 e. The molecule has 0 saturated heterocycles. The number of carbonyl (C=O) groups is 2. The van der Waals surface area contributed by atoms with Crippen LogP contribution in [0.15, 0.2) is 48.5 Å². The van der Waals surface area contributed by atoms with Gasteiger partial charge in [0.2, 0.25) is 0 Å². The van der Waals surface area contributed by atoms with E-state index in [-0.39, 0.29) is 23.5 Å². The van der Waals surface area contributed by atoms with Crippen LogP contribution in [0.1, 0.15) is 27.1 Å². The Morgan fingerprint density at radius 2 is 1.78 bits per heavy atom. The first-order chi connectivity index (χ1) is 11.0. The van der Waals surface area contributed by atoms with E-state index in [1.807, 2.05) is 0 Å². The minimum Gasteiger partial charge on any atom is -0.478 e. The quantitative estimate of drug-likeness (QED) is 0.462. The maximum Gasteiger partial charge on any atom is 0.335 e. The summed E-state index contributed by atoms with van der Waals surface area (Å²) in [7, 11) is 0. The molecule has 118 valence electrons. The largest absolute Gasteiger partial charge is 0.478 e. The lowest BCUT2D eigenvalue weighted by Gasteiger charge is -2.07. The van der Waals surface area contributed by atoms with Crippen molar-refractivity contribution in [3.8, 4) is 0 Å². The number of benzene rings is 2. The van der Waals surface area contributed by atoms with Gasteiger partial charge in [0.05, 0.1) is 10.5 Å². The number of nitro groups is 1. The van der Waals surface area contributed by atoms with Crippen LogP contribution < -0.4 is 5.32 Å². The number of ketones is 1. The van der Waals surface area contributed by atoms with Gasteiger partial charge in [0.25, 0.3) is 5.69 Å². The Balaban J connectivity index is 1.90. The summed E-state index contributed by atoms with van der Waals surface area (Å²) < 4.78 is 0. The molecule has 0 unspecified atom stereocenters. The fraction of sp³-hybridized carbons (Fsp3) is 0.125. The average molecular weight is 314 g/mol. The first-order valence-corrected chi connectivity index (χ1v) is 6.82. The fourth-order valence-corrected chi connectivity index (χ4v) is 2.00. The third kappa shape index (κ3) is 4.37. The van der Waals surface area contributed by atoms with Crippen molar-refractivity contribution in [1.29, 1.82) is 0 Å². The van der Waals surface area contributed by atoms with E-state index in [1.54, 1.807) is 12.1 Å². The van der Waals surface area contributed by atoms with Crippen molar-refractivity contribution in [2.45, 2.75) is 6.42 Å². The molecule has 0 spiro atoms. The summed E-state index contributed by atoms with van der Waals surface area (Å²) in [4.78, 5) is 32.9. The van der Waals surface area contributed by atoms with E-state index in [0.29, 0.717) is 17.8 Å². The van der Waals surface area contributed by atoms with Gasteiger partial charge in [-0.2, -0.15) is 0 Å². The van der Waals surface area contributed by atoms with Crippen LogP contribution in [0.5, 0.6) is 0 Å². The number of aromatic carboxylic acids is 1. The highest BCUT2D eigenvalue weighted by Gasteiger charge is 2.09. The highest BCUT2D eigenvalue weighted by atomic mass is 16.6. The van der Waals surface area contributed by atoms with E-state index in [0.717, 1.165) is 0 Å². The number of hydrogen-bond donors (Lipinski definition) is 2. The molecule has 0 bridgehead atoms. The first kappa shape index (κ1) is 16.2. The second kappa shape index (κ2) is 7.17. The van der Waals surface area contributed by atoms with Crippen molar-refractivity contribution in [3.05, 3.63) is 69.8 Å². The number of nitrogens with one attached hydrogen (secondary N) is 1. The van der Waals surface area contributed by atoms with Gasteiger partial charge in [0.1, 0.15) is 0 Å². The van der Waals surface area contributed by atoms with Crippen molar-refractivity contribution in [3.63, 3.8) is 0 Å². The Bertz CT molecular complexity index is 740. The molecule has 0 heterocycles. The summed E-state index contributed by atoms with van der Waals surface area (Å²) in [5.74, 6) is -1.17. The number of rotatable bonds is 7. The van der Waals surface area contributed by atoms with Gasteiger partial charge in [-0.1, -0.05) is 6.07 Å². The van der Waals surface area contributed by atoms with Crippen molar-refractivity contribution in [1.82, 2.24) is 0 Å². The van der Waals surface area contributed by atoms with Crippen LogP contribution in [0.25, 0.3) is 0 Å². The normalized spacial score (nSPS) is 10.1. The summed E-state index contributed by atoms with van der Waals surface area (Å²) in [5, 5.41) is 22.4. The minimum absolute atomic E-state index is 0.0647. The molecular weight excluding hydrogens is 300 g/mol. The van der Waals surface area contributed by atoms with Crippen LogP contribution >= 0.6 is 0 Å². The molecule has 2 N–H and O–H groups in total. The number of nitro benzene ring substituents is 1. The van der Waals surface area contributed by atoms with E-state index in [4.69, 9.17) is 5.11 Å². The zero-order valence-corrected chi connectivity index (χ0v) is 12.1. The molecule has 2 rings (SSSR count). The maximum absolute atomic E-state index is 12.0. The molecule has 2 aromatic carbocycles. The molecule has 2 aromatic rings. The Morgan fingerprint density at radius 1 is 1.09 bits per heavy atom. The molecule has 0 amide bonds.